The van der Waals surface area contributed by atoms with Crippen LogP contribution in [0.3, 0.4) is 0 Å². The van der Waals surface area contributed by atoms with Crippen molar-refractivity contribution < 1.29 is 23.4 Å². The van der Waals surface area contributed by atoms with Crippen LogP contribution in [-0.4, -0.2) is 60.3 Å². The van der Waals surface area contributed by atoms with E-state index in [1.165, 1.54) is 25.6 Å². The normalized spacial score (nSPS) is 15.3. The first-order valence-electron chi connectivity index (χ1n) is 10.9. The molecule has 8 nitrogen and oxygen atoms in total. The molecule has 180 valence electrons. The third-order valence-corrected chi connectivity index (χ3v) is 6.14. The van der Waals surface area contributed by atoms with E-state index in [1.807, 2.05) is 6.07 Å². The summed E-state index contributed by atoms with van der Waals surface area (Å²) >= 11 is 5.91. The van der Waals surface area contributed by atoms with E-state index in [2.05, 4.69) is 15.3 Å². The number of methoxy groups -OCH3 is 2. The molecule has 1 aliphatic rings. The number of carbonyl (C=O) groups is 1. The SMILES string of the molecule is COc1cc2ncnc(Nc3ccc(F)c(Cl)c3)c2cc1OC1CCN(C(=O)C(C)OC)CC1. The summed E-state index contributed by atoms with van der Waals surface area (Å²) in [7, 11) is 3.10. The van der Waals surface area contributed by atoms with Gasteiger partial charge in [-0.05, 0) is 31.2 Å². The minimum atomic E-state index is -0.496. The Morgan fingerprint density at radius 2 is 1.94 bits per heavy atom. The number of carbonyl (C=O) groups excluding carboxylic acids is 1. The van der Waals surface area contributed by atoms with Crippen molar-refractivity contribution in [1.82, 2.24) is 14.9 Å². The number of piperidine rings is 1. The summed E-state index contributed by atoms with van der Waals surface area (Å²) in [5.74, 6) is 1.12. The average Bonchev–Trinajstić information content (AvgIpc) is 2.85. The van der Waals surface area contributed by atoms with Gasteiger partial charge in [0.05, 0.1) is 17.6 Å². The van der Waals surface area contributed by atoms with Gasteiger partial charge in [-0.1, -0.05) is 11.6 Å². The molecule has 1 aliphatic heterocycles. The number of benzene rings is 2. The summed E-state index contributed by atoms with van der Waals surface area (Å²) in [6.45, 7) is 2.93. The first-order chi connectivity index (χ1) is 16.4. The number of amides is 1. The fraction of sp³-hybridized carbons (Fsp3) is 0.375. The molecule has 1 saturated heterocycles. The number of aromatic nitrogens is 2. The van der Waals surface area contributed by atoms with Crippen LogP contribution in [-0.2, 0) is 9.53 Å². The van der Waals surface area contributed by atoms with E-state index in [0.29, 0.717) is 59.8 Å². The minimum absolute atomic E-state index is 0.0128. The zero-order valence-electron chi connectivity index (χ0n) is 19.2. The van der Waals surface area contributed by atoms with Crippen molar-refractivity contribution in [3.8, 4) is 11.5 Å². The van der Waals surface area contributed by atoms with Gasteiger partial charge < -0.3 is 24.4 Å². The first-order valence-corrected chi connectivity index (χ1v) is 11.3. The number of hydrogen-bond donors (Lipinski definition) is 1. The minimum Gasteiger partial charge on any atom is -0.493 e. The third kappa shape index (κ3) is 5.15. The molecule has 1 atom stereocenters. The van der Waals surface area contributed by atoms with Gasteiger partial charge in [0.15, 0.2) is 11.5 Å². The van der Waals surface area contributed by atoms with E-state index in [4.69, 9.17) is 25.8 Å². The van der Waals surface area contributed by atoms with Gasteiger partial charge in [-0.25, -0.2) is 14.4 Å². The maximum absolute atomic E-state index is 13.5. The van der Waals surface area contributed by atoms with Crippen LogP contribution in [0.15, 0.2) is 36.7 Å². The summed E-state index contributed by atoms with van der Waals surface area (Å²) in [5.41, 5.74) is 1.25. The molecular weight excluding hydrogens is 463 g/mol. The van der Waals surface area contributed by atoms with Crippen molar-refractivity contribution in [3.05, 3.63) is 47.5 Å². The second-order valence-corrected chi connectivity index (χ2v) is 8.42. The van der Waals surface area contributed by atoms with Crippen LogP contribution in [0, 0.1) is 5.82 Å². The van der Waals surface area contributed by atoms with Gasteiger partial charge in [-0.3, -0.25) is 4.79 Å². The Morgan fingerprint density at radius 1 is 1.18 bits per heavy atom. The molecule has 10 heteroatoms. The number of rotatable bonds is 7. The maximum atomic E-state index is 13.5. The number of hydrogen-bond acceptors (Lipinski definition) is 7. The van der Waals surface area contributed by atoms with Crippen molar-refractivity contribution in [3.63, 3.8) is 0 Å². The van der Waals surface area contributed by atoms with Gasteiger partial charge in [-0.2, -0.15) is 0 Å². The highest BCUT2D eigenvalue weighted by Gasteiger charge is 2.27. The van der Waals surface area contributed by atoms with Crippen molar-refractivity contribution in [2.24, 2.45) is 0 Å². The predicted octanol–water partition coefficient (Wildman–Crippen LogP) is 4.58. The van der Waals surface area contributed by atoms with Crippen LogP contribution in [0.2, 0.25) is 5.02 Å². The lowest BCUT2D eigenvalue weighted by molar-refractivity contribution is -0.142. The standard InChI is InChI=1S/C24H26ClFN4O4/c1-14(32-2)24(31)30-8-6-16(7-9-30)34-22-11-17-20(12-21(22)33-3)27-13-28-23(17)29-15-4-5-19(26)18(25)10-15/h4-5,10-14,16H,6-9H2,1-3H3,(H,27,28,29). The average molecular weight is 489 g/mol. The molecule has 4 rings (SSSR count). The molecule has 0 aliphatic carbocycles. The Bertz CT molecular complexity index is 1190. The topological polar surface area (TPSA) is 85.8 Å². The fourth-order valence-electron chi connectivity index (χ4n) is 3.86. The second-order valence-electron chi connectivity index (χ2n) is 8.02. The van der Waals surface area contributed by atoms with Crippen LogP contribution in [0.25, 0.3) is 10.9 Å². The van der Waals surface area contributed by atoms with Gasteiger partial charge in [0, 0.05) is 50.2 Å². The summed E-state index contributed by atoms with van der Waals surface area (Å²) in [5, 5.41) is 3.88. The van der Waals surface area contributed by atoms with E-state index in [-0.39, 0.29) is 17.0 Å². The lowest BCUT2D eigenvalue weighted by Gasteiger charge is -2.33. The number of likely N-dealkylation sites (tertiary alicyclic amines) is 1. The largest absolute Gasteiger partial charge is 0.493 e. The van der Waals surface area contributed by atoms with Gasteiger partial charge in [0.2, 0.25) is 0 Å². The Morgan fingerprint density at radius 3 is 2.62 bits per heavy atom. The van der Waals surface area contributed by atoms with E-state index in [9.17, 15) is 9.18 Å². The molecule has 2 heterocycles. The van der Waals surface area contributed by atoms with Gasteiger partial charge in [0.1, 0.15) is 30.2 Å². The van der Waals surface area contributed by atoms with Crippen molar-refractivity contribution in [1.29, 1.82) is 0 Å². The van der Waals surface area contributed by atoms with E-state index in [0.717, 1.165) is 0 Å². The summed E-state index contributed by atoms with van der Waals surface area (Å²) in [6.07, 6.45) is 2.27. The predicted molar refractivity (Wildman–Crippen MR) is 127 cm³/mol. The molecule has 2 aromatic carbocycles. The molecule has 0 radical (unpaired) electrons. The lowest BCUT2D eigenvalue weighted by Crippen LogP contribution is -2.45. The molecule has 1 fully saturated rings. The molecule has 1 unspecified atom stereocenters. The second kappa shape index (κ2) is 10.4. The van der Waals surface area contributed by atoms with Crippen LogP contribution in [0.5, 0.6) is 11.5 Å². The van der Waals surface area contributed by atoms with Crippen LogP contribution >= 0.6 is 11.6 Å². The molecule has 1 aromatic heterocycles. The zero-order chi connectivity index (χ0) is 24.2. The van der Waals surface area contributed by atoms with Crippen molar-refractivity contribution in [2.45, 2.75) is 32.0 Å². The number of halogens is 2. The molecule has 1 N–H and O–H groups in total. The molecule has 0 bridgehead atoms. The summed E-state index contributed by atoms with van der Waals surface area (Å²) in [6, 6.07) is 7.97. The third-order valence-electron chi connectivity index (χ3n) is 5.85. The first kappa shape index (κ1) is 24.0. The number of nitrogens with one attached hydrogen (secondary N) is 1. The Kier molecular flexibility index (Phi) is 7.33. The Labute approximate surface area is 202 Å². The highest BCUT2D eigenvalue weighted by molar-refractivity contribution is 6.31. The Balaban J connectivity index is 1.55. The summed E-state index contributed by atoms with van der Waals surface area (Å²) < 4.78 is 30.5. The van der Waals surface area contributed by atoms with Gasteiger partial charge >= 0.3 is 0 Å². The van der Waals surface area contributed by atoms with Crippen LogP contribution < -0.4 is 14.8 Å². The molecule has 3 aromatic rings. The number of fused-ring (bicyclic) bond motifs is 1. The number of anilines is 2. The van der Waals surface area contributed by atoms with E-state index >= 15 is 0 Å². The van der Waals surface area contributed by atoms with E-state index < -0.39 is 11.9 Å². The molecule has 34 heavy (non-hydrogen) atoms. The van der Waals surface area contributed by atoms with Crippen LogP contribution in [0.1, 0.15) is 19.8 Å². The Hall–Kier alpha value is -3.17. The lowest BCUT2D eigenvalue weighted by atomic mass is 10.1. The fourth-order valence-corrected chi connectivity index (χ4v) is 4.04. The highest BCUT2D eigenvalue weighted by atomic mass is 35.5. The highest BCUT2D eigenvalue weighted by Crippen LogP contribution is 2.36. The number of nitrogens with zero attached hydrogens (tertiary/aromatic N) is 3. The quantitative estimate of drug-likeness (QED) is 0.521. The maximum Gasteiger partial charge on any atom is 0.251 e. The van der Waals surface area contributed by atoms with E-state index in [1.54, 1.807) is 31.1 Å². The van der Waals surface area contributed by atoms with Crippen molar-refractivity contribution in [2.75, 3.05) is 32.6 Å². The van der Waals surface area contributed by atoms with Crippen molar-refractivity contribution >= 4 is 39.9 Å². The molecular formula is C24H26ClFN4O4. The monoisotopic (exact) mass is 488 g/mol. The molecule has 0 saturated carbocycles. The molecule has 1 amide bonds. The van der Waals surface area contributed by atoms with Gasteiger partial charge in [0.25, 0.3) is 5.91 Å². The number of ether oxygens (including phenoxy) is 3. The van der Waals surface area contributed by atoms with Crippen LogP contribution in [0.4, 0.5) is 15.9 Å². The zero-order valence-corrected chi connectivity index (χ0v) is 19.9. The smallest absolute Gasteiger partial charge is 0.251 e. The molecule has 0 spiro atoms. The van der Waals surface area contributed by atoms with Gasteiger partial charge in [-0.15, -0.1) is 0 Å². The summed E-state index contributed by atoms with van der Waals surface area (Å²) in [4.78, 5) is 22.8.